The maximum atomic E-state index is 13.4. The van der Waals surface area contributed by atoms with Crippen molar-refractivity contribution in [1.29, 1.82) is 0 Å². The third-order valence-corrected chi connectivity index (χ3v) is 6.07. The lowest BCUT2D eigenvalue weighted by Crippen LogP contribution is -2.20. The highest BCUT2D eigenvalue weighted by Crippen LogP contribution is 2.35. The zero-order chi connectivity index (χ0) is 27.6. The topological polar surface area (TPSA) is 90.1 Å². The third-order valence-electron chi connectivity index (χ3n) is 6.07. The molecule has 2 aromatic carbocycles. The summed E-state index contributed by atoms with van der Waals surface area (Å²) in [5, 5.41) is 15.3. The van der Waals surface area contributed by atoms with Gasteiger partial charge in [-0.3, -0.25) is 9.48 Å². The molecule has 1 N–H and O–H groups in total. The molecule has 9 nitrogen and oxygen atoms in total. The van der Waals surface area contributed by atoms with Crippen LogP contribution in [0.15, 0.2) is 48.8 Å². The fraction of sp³-hybridized carbons (Fsp3) is 0.308. The van der Waals surface area contributed by atoms with Crippen LogP contribution in [0.25, 0.3) is 16.9 Å². The first-order valence-corrected chi connectivity index (χ1v) is 11.8. The first-order chi connectivity index (χ1) is 17.9. The first-order valence-electron chi connectivity index (χ1n) is 11.8. The number of hydrogen-bond donors (Lipinski definition) is 1. The van der Waals surface area contributed by atoms with Gasteiger partial charge in [-0.1, -0.05) is 11.3 Å². The number of amides is 1. The lowest BCUT2D eigenvalue weighted by molar-refractivity contribution is -0.137. The lowest BCUT2D eigenvalue weighted by atomic mass is 10.1. The number of nitrogens with one attached hydrogen (secondary N) is 1. The molecule has 12 heteroatoms. The van der Waals surface area contributed by atoms with E-state index >= 15 is 0 Å². The second-order valence-electron chi connectivity index (χ2n) is 9.13. The van der Waals surface area contributed by atoms with Gasteiger partial charge in [-0.2, -0.15) is 18.3 Å². The summed E-state index contributed by atoms with van der Waals surface area (Å²) in [6, 6.07) is 7.96. The number of alkyl halides is 3. The van der Waals surface area contributed by atoms with Crippen molar-refractivity contribution >= 4 is 11.6 Å². The standard InChI is InChI=1S/C26H28F3N7O2/c1-16-6-7-18(12-23(16)36-15-22(32-33-36)20-14-30-35(5)17(20)2)25(37)31-21-13-19(26(27,28)29)8-9-24(21)38-11-10-34(3)4/h6-9,12-15H,10-11H2,1-5H3,(H,31,37). The van der Waals surface area contributed by atoms with Crippen LogP contribution in [-0.4, -0.2) is 62.8 Å². The molecule has 0 atom stereocenters. The van der Waals surface area contributed by atoms with Gasteiger partial charge in [0.1, 0.15) is 18.1 Å². The Hall–Kier alpha value is -4.19. The number of likely N-dealkylation sites (N-methyl/N-ethyl adjacent to an activating group) is 1. The normalized spacial score (nSPS) is 11.7. The lowest BCUT2D eigenvalue weighted by Gasteiger charge is -2.17. The zero-order valence-electron chi connectivity index (χ0n) is 21.7. The minimum atomic E-state index is -4.57. The Labute approximate surface area is 217 Å². The summed E-state index contributed by atoms with van der Waals surface area (Å²) in [6.07, 6.45) is -1.14. The summed E-state index contributed by atoms with van der Waals surface area (Å²) in [5.41, 5.74) is 3.07. The molecule has 2 heterocycles. The number of carbonyl (C=O) groups is 1. The van der Waals surface area contributed by atoms with Gasteiger partial charge < -0.3 is 15.0 Å². The highest BCUT2D eigenvalue weighted by molar-refractivity contribution is 6.05. The van der Waals surface area contributed by atoms with Crippen LogP contribution in [0.2, 0.25) is 0 Å². The summed E-state index contributed by atoms with van der Waals surface area (Å²) in [4.78, 5) is 15.0. The van der Waals surface area contributed by atoms with E-state index in [0.29, 0.717) is 17.9 Å². The van der Waals surface area contributed by atoms with Crippen molar-refractivity contribution in [2.24, 2.45) is 7.05 Å². The Morgan fingerprint density at radius 2 is 1.89 bits per heavy atom. The minimum Gasteiger partial charge on any atom is -0.490 e. The molecule has 0 saturated heterocycles. The molecule has 4 rings (SSSR count). The van der Waals surface area contributed by atoms with Gasteiger partial charge in [0.15, 0.2) is 0 Å². The second-order valence-corrected chi connectivity index (χ2v) is 9.13. The highest BCUT2D eigenvalue weighted by Gasteiger charge is 2.31. The Balaban J connectivity index is 1.62. The van der Waals surface area contributed by atoms with Gasteiger partial charge in [0.05, 0.1) is 29.3 Å². The molecule has 0 radical (unpaired) electrons. The van der Waals surface area contributed by atoms with Crippen LogP contribution in [0.1, 0.15) is 27.2 Å². The van der Waals surface area contributed by atoms with Gasteiger partial charge in [0.2, 0.25) is 0 Å². The van der Waals surface area contributed by atoms with Crippen molar-refractivity contribution in [2.75, 3.05) is 32.6 Å². The summed E-state index contributed by atoms with van der Waals surface area (Å²) in [5.74, 6) is -0.445. The Kier molecular flexibility index (Phi) is 7.53. The van der Waals surface area contributed by atoms with E-state index in [-0.39, 0.29) is 23.6 Å². The number of halogens is 3. The van der Waals surface area contributed by atoms with E-state index < -0.39 is 17.6 Å². The van der Waals surface area contributed by atoms with Gasteiger partial charge in [-0.25, -0.2) is 4.68 Å². The van der Waals surface area contributed by atoms with Crippen molar-refractivity contribution in [2.45, 2.75) is 20.0 Å². The molecule has 0 aliphatic rings. The van der Waals surface area contributed by atoms with E-state index in [4.69, 9.17) is 4.74 Å². The average molecular weight is 528 g/mol. The number of anilines is 1. The fourth-order valence-electron chi connectivity index (χ4n) is 3.72. The number of nitrogens with zero attached hydrogens (tertiary/aromatic N) is 6. The smallest absolute Gasteiger partial charge is 0.416 e. The number of hydrogen-bond acceptors (Lipinski definition) is 6. The van der Waals surface area contributed by atoms with E-state index in [9.17, 15) is 18.0 Å². The fourth-order valence-corrected chi connectivity index (χ4v) is 3.72. The molecule has 2 aromatic heterocycles. The summed E-state index contributed by atoms with van der Waals surface area (Å²) in [7, 11) is 5.53. The van der Waals surface area contributed by atoms with Gasteiger partial charge in [-0.15, -0.1) is 5.10 Å². The highest BCUT2D eigenvalue weighted by atomic mass is 19.4. The number of benzene rings is 2. The van der Waals surface area contributed by atoms with Gasteiger partial charge >= 0.3 is 6.18 Å². The van der Waals surface area contributed by atoms with Crippen molar-refractivity contribution < 1.29 is 22.7 Å². The maximum absolute atomic E-state index is 13.4. The third kappa shape index (κ3) is 5.86. The number of aryl methyl sites for hydroxylation is 2. The Morgan fingerprint density at radius 3 is 2.55 bits per heavy atom. The quantitative estimate of drug-likeness (QED) is 0.363. The average Bonchev–Trinajstić information content (AvgIpc) is 3.46. The SMILES string of the molecule is Cc1ccc(C(=O)Nc2cc(C(F)(F)F)ccc2OCCN(C)C)cc1-n1cc(-c2cnn(C)c2C)nn1. The molecule has 0 aliphatic carbocycles. The van der Waals surface area contributed by atoms with E-state index in [1.54, 1.807) is 40.0 Å². The van der Waals surface area contributed by atoms with E-state index in [1.165, 1.54) is 6.07 Å². The molecule has 1 amide bonds. The maximum Gasteiger partial charge on any atom is 0.416 e. The molecular formula is C26H28F3N7O2. The second kappa shape index (κ2) is 10.7. The van der Waals surface area contributed by atoms with Gasteiger partial charge in [0.25, 0.3) is 5.91 Å². The van der Waals surface area contributed by atoms with E-state index in [0.717, 1.165) is 29.0 Å². The van der Waals surface area contributed by atoms with Crippen LogP contribution in [0, 0.1) is 13.8 Å². The van der Waals surface area contributed by atoms with Crippen molar-refractivity contribution in [3.8, 4) is 22.7 Å². The number of carbonyl (C=O) groups excluding carboxylic acids is 1. The van der Waals surface area contributed by atoms with Crippen LogP contribution in [0.3, 0.4) is 0 Å². The number of ether oxygens (including phenoxy) is 1. The molecule has 38 heavy (non-hydrogen) atoms. The zero-order valence-corrected chi connectivity index (χ0v) is 21.7. The molecular weight excluding hydrogens is 499 g/mol. The van der Waals surface area contributed by atoms with Crippen LogP contribution in [0.5, 0.6) is 5.75 Å². The Bertz CT molecular complexity index is 1460. The van der Waals surface area contributed by atoms with Crippen LogP contribution < -0.4 is 10.1 Å². The van der Waals surface area contributed by atoms with E-state index in [1.807, 2.05) is 39.9 Å². The number of aromatic nitrogens is 5. The minimum absolute atomic E-state index is 0.0687. The molecule has 4 aromatic rings. The summed E-state index contributed by atoms with van der Waals surface area (Å²) in [6.45, 7) is 4.57. The predicted molar refractivity (Wildman–Crippen MR) is 136 cm³/mol. The van der Waals surface area contributed by atoms with Crippen LogP contribution >= 0.6 is 0 Å². The largest absolute Gasteiger partial charge is 0.490 e. The summed E-state index contributed by atoms with van der Waals surface area (Å²) >= 11 is 0. The van der Waals surface area contributed by atoms with Crippen molar-refractivity contribution in [3.63, 3.8) is 0 Å². The monoisotopic (exact) mass is 527 g/mol. The molecule has 0 fully saturated rings. The Morgan fingerprint density at radius 1 is 1.13 bits per heavy atom. The summed E-state index contributed by atoms with van der Waals surface area (Å²) < 4.78 is 49.1. The number of rotatable bonds is 8. The van der Waals surface area contributed by atoms with Crippen LogP contribution in [-0.2, 0) is 13.2 Å². The van der Waals surface area contributed by atoms with Crippen LogP contribution in [0.4, 0.5) is 18.9 Å². The van der Waals surface area contributed by atoms with E-state index in [2.05, 4.69) is 20.7 Å². The molecule has 200 valence electrons. The molecule has 0 saturated carbocycles. The first kappa shape index (κ1) is 26.9. The molecule has 0 unspecified atom stereocenters. The molecule has 0 aliphatic heterocycles. The van der Waals surface area contributed by atoms with Gasteiger partial charge in [-0.05, 0) is 63.8 Å². The van der Waals surface area contributed by atoms with Gasteiger partial charge in [0, 0.05) is 30.4 Å². The molecule has 0 bridgehead atoms. The van der Waals surface area contributed by atoms with Crippen molar-refractivity contribution in [1.82, 2.24) is 29.7 Å². The van der Waals surface area contributed by atoms with Crippen molar-refractivity contribution in [3.05, 3.63) is 71.2 Å². The predicted octanol–water partition coefficient (Wildman–Crippen LogP) is 4.50. The molecule has 0 spiro atoms.